The van der Waals surface area contributed by atoms with Gasteiger partial charge in [0.15, 0.2) is 11.0 Å². The van der Waals surface area contributed by atoms with E-state index in [0.29, 0.717) is 11.4 Å². The average Bonchev–Trinajstić information content (AvgIpc) is 2.77. The molecule has 0 aliphatic carbocycles. The van der Waals surface area contributed by atoms with Gasteiger partial charge in [-0.05, 0) is 44.5 Å². The number of nitrogens with one attached hydrogen (secondary N) is 1. The fourth-order valence-electron chi connectivity index (χ4n) is 2.44. The van der Waals surface area contributed by atoms with Gasteiger partial charge in [-0.3, -0.25) is 13.9 Å². The van der Waals surface area contributed by atoms with Crippen molar-refractivity contribution in [2.75, 3.05) is 13.1 Å². The molecule has 2 rings (SSSR count). The van der Waals surface area contributed by atoms with Gasteiger partial charge in [-0.25, -0.2) is 9.19 Å². The molecule has 2 atom stereocenters. The number of carbonyl (C=O) groups is 2. The normalized spacial score (nSPS) is 19.9. The minimum atomic E-state index is -1.74. The maximum absolute atomic E-state index is 12.8. The summed E-state index contributed by atoms with van der Waals surface area (Å²) in [6, 6.07) is 4.84. The Morgan fingerprint density at radius 2 is 2.18 bits per heavy atom. The lowest BCUT2D eigenvalue weighted by atomic mass is 10.1. The summed E-state index contributed by atoms with van der Waals surface area (Å²) in [5.41, 5.74) is 5.12. The van der Waals surface area contributed by atoms with E-state index < -0.39 is 29.2 Å². The molecule has 8 heteroatoms. The molecule has 1 fully saturated rings. The van der Waals surface area contributed by atoms with Crippen LogP contribution in [-0.2, 0) is 20.6 Å². The zero-order chi connectivity index (χ0) is 15.9. The Balaban J connectivity index is 2.25. The van der Waals surface area contributed by atoms with Gasteiger partial charge in [0.05, 0.1) is 0 Å². The second-order valence-electron chi connectivity index (χ2n) is 5.11. The Bertz CT molecular complexity index is 544. The van der Waals surface area contributed by atoms with Crippen LogP contribution >= 0.6 is 0 Å². The third-order valence-electron chi connectivity index (χ3n) is 3.44. The Labute approximate surface area is 131 Å². The van der Waals surface area contributed by atoms with Crippen molar-refractivity contribution in [2.45, 2.75) is 36.8 Å². The number of pyridine rings is 1. The summed E-state index contributed by atoms with van der Waals surface area (Å²) in [7, 11) is -1.74. The molecule has 0 bridgehead atoms. The average molecular weight is 324 g/mol. The van der Waals surface area contributed by atoms with Crippen LogP contribution in [0.2, 0.25) is 0 Å². The lowest BCUT2D eigenvalue weighted by Crippen LogP contribution is -2.43. The molecular formula is C14H20N4O3S. The predicted octanol–water partition coefficient (Wildman–Crippen LogP) is -0.0497. The number of nitrogens with zero attached hydrogens (tertiary/aromatic N) is 2. The Kier molecular flexibility index (Phi) is 6.02. The predicted molar refractivity (Wildman–Crippen MR) is 81.8 cm³/mol. The van der Waals surface area contributed by atoms with Crippen molar-refractivity contribution >= 4 is 22.8 Å². The summed E-state index contributed by atoms with van der Waals surface area (Å²) >= 11 is 0. The number of rotatable bonds is 5. The molecule has 120 valence electrons. The molecule has 0 spiro atoms. The summed E-state index contributed by atoms with van der Waals surface area (Å²) in [4.78, 5) is 27.5. The first-order chi connectivity index (χ1) is 10.6. The number of carbonyl (C=O) groups excluding carboxylic acids is 2. The molecule has 0 saturated carbocycles. The highest BCUT2D eigenvalue weighted by molar-refractivity contribution is 7.83. The lowest BCUT2D eigenvalue weighted by Gasteiger charge is -2.29. The second-order valence-corrected chi connectivity index (χ2v) is 6.42. The van der Waals surface area contributed by atoms with E-state index in [-0.39, 0.29) is 6.04 Å². The summed E-state index contributed by atoms with van der Waals surface area (Å²) in [5, 5.41) is 3.55. The Hall–Kier alpha value is -1.80. The van der Waals surface area contributed by atoms with Crippen LogP contribution in [0.4, 0.5) is 0 Å². The minimum Gasteiger partial charge on any atom is -0.369 e. The molecule has 1 aromatic heterocycles. The fourth-order valence-corrected chi connectivity index (χ4v) is 3.72. The third-order valence-corrected chi connectivity index (χ3v) is 4.90. The topological polar surface area (TPSA) is 105 Å². The molecule has 2 amide bonds. The maximum Gasteiger partial charge on any atom is 0.244 e. The molecule has 1 saturated heterocycles. The van der Waals surface area contributed by atoms with E-state index in [0.717, 1.165) is 25.9 Å². The Morgan fingerprint density at radius 1 is 1.36 bits per heavy atom. The second kappa shape index (κ2) is 8.00. The van der Waals surface area contributed by atoms with Gasteiger partial charge in [0.25, 0.3) is 0 Å². The summed E-state index contributed by atoms with van der Waals surface area (Å²) in [6.07, 6.45) is 3.38. The van der Waals surface area contributed by atoms with Crippen molar-refractivity contribution in [3.05, 3.63) is 24.4 Å². The van der Waals surface area contributed by atoms with Crippen LogP contribution in [0.3, 0.4) is 0 Å². The third kappa shape index (κ3) is 4.35. The van der Waals surface area contributed by atoms with E-state index in [1.54, 1.807) is 18.2 Å². The van der Waals surface area contributed by atoms with Gasteiger partial charge in [-0.2, -0.15) is 0 Å². The van der Waals surface area contributed by atoms with Crippen LogP contribution < -0.4 is 11.1 Å². The maximum atomic E-state index is 12.8. The van der Waals surface area contributed by atoms with Gasteiger partial charge in [0.1, 0.15) is 11.4 Å². The van der Waals surface area contributed by atoms with Gasteiger partial charge in [0, 0.05) is 12.2 Å². The minimum absolute atomic E-state index is 0.190. The monoisotopic (exact) mass is 324 g/mol. The largest absolute Gasteiger partial charge is 0.369 e. The highest BCUT2D eigenvalue weighted by Gasteiger charge is 2.31. The standard InChI is InChI=1S/C14H20N4O3S/c15-12(19)10-14(20)18(11-4-3-7-16-9-6-11)22(21)13-5-1-2-8-17-13/h1-2,5,8,11,16H,3-4,6-7,9-10H2,(H2,15,19). The van der Waals surface area contributed by atoms with E-state index in [4.69, 9.17) is 5.73 Å². The molecule has 3 N–H and O–H groups in total. The van der Waals surface area contributed by atoms with E-state index >= 15 is 0 Å². The zero-order valence-corrected chi connectivity index (χ0v) is 13.1. The van der Waals surface area contributed by atoms with Gasteiger partial charge in [-0.15, -0.1) is 0 Å². The first kappa shape index (κ1) is 16.6. The molecule has 1 aliphatic heterocycles. The van der Waals surface area contributed by atoms with Gasteiger partial charge in [0.2, 0.25) is 11.8 Å². The molecular weight excluding hydrogens is 304 g/mol. The molecule has 22 heavy (non-hydrogen) atoms. The zero-order valence-electron chi connectivity index (χ0n) is 12.2. The van der Waals surface area contributed by atoms with Gasteiger partial charge >= 0.3 is 0 Å². The van der Waals surface area contributed by atoms with Crippen LogP contribution in [0.5, 0.6) is 0 Å². The molecule has 1 aromatic rings. The van der Waals surface area contributed by atoms with Crippen molar-refractivity contribution in [1.82, 2.24) is 14.6 Å². The summed E-state index contributed by atoms with van der Waals surface area (Å²) in [6.45, 7) is 1.61. The molecule has 1 aliphatic rings. The van der Waals surface area contributed by atoms with Crippen molar-refractivity contribution in [1.29, 1.82) is 0 Å². The first-order valence-corrected chi connectivity index (χ1v) is 8.34. The number of primary amides is 1. The smallest absolute Gasteiger partial charge is 0.244 e. The lowest BCUT2D eigenvalue weighted by molar-refractivity contribution is -0.132. The molecule has 2 unspecified atom stereocenters. The molecule has 0 aromatic carbocycles. The van der Waals surface area contributed by atoms with Crippen molar-refractivity contribution in [2.24, 2.45) is 5.73 Å². The van der Waals surface area contributed by atoms with Crippen molar-refractivity contribution in [3.63, 3.8) is 0 Å². The van der Waals surface area contributed by atoms with E-state index in [1.165, 1.54) is 10.5 Å². The van der Waals surface area contributed by atoms with Crippen molar-refractivity contribution < 1.29 is 13.8 Å². The van der Waals surface area contributed by atoms with E-state index in [1.807, 2.05) is 0 Å². The summed E-state index contributed by atoms with van der Waals surface area (Å²) < 4.78 is 14.0. The van der Waals surface area contributed by atoms with E-state index in [9.17, 15) is 13.8 Å². The number of hydrogen-bond acceptors (Lipinski definition) is 5. The van der Waals surface area contributed by atoms with Gasteiger partial charge < -0.3 is 11.1 Å². The quantitative estimate of drug-likeness (QED) is 0.739. The number of aromatic nitrogens is 1. The summed E-state index contributed by atoms with van der Waals surface area (Å²) in [5.74, 6) is -1.23. The van der Waals surface area contributed by atoms with Crippen LogP contribution in [-0.4, -0.2) is 44.4 Å². The van der Waals surface area contributed by atoms with Crippen LogP contribution in [0.15, 0.2) is 29.4 Å². The molecule has 7 nitrogen and oxygen atoms in total. The number of amides is 2. The number of hydrogen-bond donors (Lipinski definition) is 2. The van der Waals surface area contributed by atoms with Crippen LogP contribution in [0.1, 0.15) is 25.7 Å². The highest BCUT2D eigenvalue weighted by atomic mass is 32.2. The molecule has 2 heterocycles. The fraction of sp³-hybridized carbons (Fsp3) is 0.500. The van der Waals surface area contributed by atoms with Crippen molar-refractivity contribution in [3.8, 4) is 0 Å². The number of nitrogens with two attached hydrogens (primary N) is 1. The van der Waals surface area contributed by atoms with Gasteiger partial charge in [-0.1, -0.05) is 6.07 Å². The SMILES string of the molecule is NC(=O)CC(=O)N(C1CCCNCC1)S(=O)c1ccccn1. The highest BCUT2D eigenvalue weighted by Crippen LogP contribution is 2.20. The van der Waals surface area contributed by atoms with Crippen LogP contribution in [0, 0.1) is 0 Å². The Morgan fingerprint density at radius 3 is 2.86 bits per heavy atom. The first-order valence-electron chi connectivity index (χ1n) is 7.23. The van der Waals surface area contributed by atoms with Crippen LogP contribution in [0.25, 0.3) is 0 Å². The van der Waals surface area contributed by atoms with E-state index in [2.05, 4.69) is 10.3 Å². The molecule has 0 radical (unpaired) electrons.